The van der Waals surface area contributed by atoms with Crippen LogP contribution in [-0.4, -0.2) is 77.2 Å². The molecule has 1 spiro atoms. The average molecular weight is 678 g/mol. The lowest BCUT2D eigenvalue weighted by Gasteiger charge is -2.39. The first-order valence-electron chi connectivity index (χ1n) is 17.5. The number of allylic oxidation sites excluding steroid dienone is 1. The Morgan fingerprint density at radius 3 is 2.46 bits per heavy atom. The van der Waals surface area contributed by atoms with Gasteiger partial charge in [0.05, 0.1) is 31.2 Å². The van der Waals surface area contributed by atoms with Crippen LogP contribution in [0.3, 0.4) is 0 Å². The number of esters is 1. The number of hydrogen-bond donors (Lipinski definition) is 2. The van der Waals surface area contributed by atoms with Gasteiger partial charge in [0.2, 0.25) is 11.8 Å². The van der Waals surface area contributed by atoms with Gasteiger partial charge in [0.25, 0.3) is 5.91 Å². The normalized spacial score (nSPS) is 29.7. The standard InChI is InChI=1S/C40H43N3O7/c1-25(2)21-30(24-44)43-36-38(47)42(29-18-17-26-11-6-7-14-28(26)22-29)20-10-19-40(36)35(37(43)46)34-31(50-40)15-8-9-16-33(45)41-23-32(49-39(34)48)27-12-4-3-5-13-27/h3-8,10-15,17-19,22,25,30-32,34-36,44H,9,16,20-21,23-24H2,1-2H3,(H,41,45)/b15-8-/t30-,31+,32-,34-,35-,36+,40-/m1/s1. The third kappa shape index (κ3) is 6.00. The maximum absolute atomic E-state index is 15.0. The number of nitrogens with one attached hydrogen (secondary N) is 1. The Hall–Kier alpha value is -4.80. The third-order valence-corrected chi connectivity index (χ3v) is 10.4. The third-order valence-electron chi connectivity index (χ3n) is 10.4. The Kier molecular flexibility index (Phi) is 9.32. The second-order valence-electron chi connectivity index (χ2n) is 14.0. The highest BCUT2D eigenvalue weighted by Crippen LogP contribution is 2.54. The van der Waals surface area contributed by atoms with E-state index in [0.29, 0.717) is 24.1 Å². The van der Waals surface area contributed by atoms with Crippen molar-refractivity contribution in [3.05, 3.63) is 103 Å². The topological polar surface area (TPSA) is 125 Å². The molecule has 10 nitrogen and oxygen atoms in total. The molecule has 7 rings (SSSR count). The van der Waals surface area contributed by atoms with Crippen LogP contribution in [0.4, 0.5) is 5.69 Å². The minimum Gasteiger partial charge on any atom is -0.455 e. The van der Waals surface area contributed by atoms with Gasteiger partial charge in [-0.2, -0.15) is 0 Å². The number of nitrogens with zero attached hydrogens (tertiary/aromatic N) is 2. The van der Waals surface area contributed by atoms with Crippen molar-refractivity contribution in [2.45, 2.75) is 63.0 Å². The molecule has 0 radical (unpaired) electrons. The molecule has 0 saturated carbocycles. The van der Waals surface area contributed by atoms with E-state index in [-0.39, 0.29) is 43.8 Å². The lowest BCUT2D eigenvalue weighted by molar-refractivity contribution is -0.160. The molecule has 3 aromatic rings. The highest BCUT2D eigenvalue weighted by molar-refractivity contribution is 6.06. The molecule has 3 amide bonds. The van der Waals surface area contributed by atoms with Crippen molar-refractivity contribution in [2.24, 2.45) is 17.8 Å². The molecule has 0 aromatic heterocycles. The smallest absolute Gasteiger partial charge is 0.313 e. The molecule has 50 heavy (non-hydrogen) atoms. The van der Waals surface area contributed by atoms with Crippen molar-refractivity contribution in [1.82, 2.24) is 10.2 Å². The number of aliphatic hydroxyl groups excluding tert-OH is 1. The molecule has 2 saturated heterocycles. The molecular formula is C40H43N3O7. The first-order valence-corrected chi connectivity index (χ1v) is 17.5. The monoisotopic (exact) mass is 677 g/mol. The fraction of sp³-hybridized carbons (Fsp3) is 0.400. The van der Waals surface area contributed by atoms with Gasteiger partial charge in [-0.05, 0) is 47.2 Å². The van der Waals surface area contributed by atoms with E-state index < -0.39 is 53.6 Å². The van der Waals surface area contributed by atoms with E-state index in [4.69, 9.17) is 9.47 Å². The first kappa shape index (κ1) is 33.7. The molecule has 7 atom stereocenters. The fourth-order valence-corrected chi connectivity index (χ4v) is 8.14. The Balaban J connectivity index is 1.33. The predicted octanol–water partition coefficient (Wildman–Crippen LogP) is 4.48. The van der Waals surface area contributed by atoms with Crippen molar-refractivity contribution in [2.75, 3.05) is 24.6 Å². The molecule has 4 aliphatic rings. The second kappa shape index (κ2) is 13.8. The lowest BCUT2D eigenvalue weighted by atomic mass is 9.77. The molecule has 4 heterocycles. The summed E-state index contributed by atoms with van der Waals surface area (Å²) >= 11 is 0. The zero-order valence-electron chi connectivity index (χ0n) is 28.3. The van der Waals surface area contributed by atoms with E-state index in [0.717, 1.165) is 10.8 Å². The highest BCUT2D eigenvalue weighted by atomic mass is 16.6. The molecule has 0 bridgehead atoms. The molecule has 0 aliphatic carbocycles. The molecule has 4 aliphatic heterocycles. The van der Waals surface area contributed by atoms with Gasteiger partial charge in [-0.15, -0.1) is 0 Å². The molecule has 2 fully saturated rings. The number of carbonyl (C=O) groups is 4. The number of carbonyl (C=O) groups excluding carboxylic acids is 4. The quantitative estimate of drug-likeness (QED) is 0.291. The van der Waals surface area contributed by atoms with Crippen LogP contribution in [0.2, 0.25) is 0 Å². The van der Waals surface area contributed by atoms with Gasteiger partial charge in [-0.25, -0.2) is 0 Å². The number of aliphatic hydroxyl groups is 1. The lowest BCUT2D eigenvalue weighted by Crippen LogP contribution is -2.58. The van der Waals surface area contributed by atoms with E-state index in [1.807, 2.05) is 92.7 Å². The fourth-order valence-electron chi connectivity index (χ4n) is 8.14. The Morgan fingerprint density at radius 2 is 1.70 bits per heavy atom. The predicted molar refractivity (Wildman–Crippen MR) is 188 cm³/mol. The Morgan fingerprint density at radius 1 is 0.940 bits per heavy atom. The van der Waals surface area contributed by atoms with Crippen molar-refractivity contribution >= 4 is 40.2 Å². The maximum atomic E-state index is 15.0. The van der Waals surface area contributed by atoms with Crippen LogP contribution in [0.1, 0.15) is 44.8 Å². The molecule has 0 unspecified atom stereocenters. The van der Waals surface area contributed by atoms with Gasteiger partial charge >= 0.3 is 5.97 Å². The Labute approximate surface area is 291 Å². The van der Waals surface area contributed by atoms with Crippen LogP contribution < -0.4 is 10.2 Å². The van der Waals surface area contributed by atoms with Crippen LogP contribution in [0.25, 0.3) is 10.8 Å². The number of anilines is 1. The van der Waals surface area contributed by atoms with Crippen LogP contribution in [0.15, 0.2) is 97.1 Å². The first-order chi connectivity index (χ1) is 24.2. The number of ether oxygens (including phenoxy) is 2. The maximum Gasteiger partial charge on any atom is 0.313 e. The van der Waals surface area contributed by atoms with E-state index in [9.17, 15) is 19.5 Å². The van der Waals surface area contributed by atoms with Crippen molar-refractivity contribution in [1.29, 1.82) is 0 Å². The summed E-state index contributed by atoms with van der Waals surface area (Å²) in [6.45, 7) is 3.93. The van der Waals surface area contributed by atoms with Gasteiger partial charge in [-0.3, -0.25) is 19.2 Å². The summed E-state index contributed by atoms with van der Waals surface area (Å²) in [5, 5.41) is 15.6. The van der Waals surface area contributed by atoms with Gasteiger partial charge < -0.3 is 29.7 Å². The van der Waals surface area contributed by atoms with Crippen molar-refractivity contribution < 1.29 is 33.8 Å². The van der Waals surface area contributed by atoms with E-state index in [1.165, 1.54) is 4.90 Å². The Bertz CT molecular complexity index is 1840. The van der Waals surface area contributed by atoms with E-state index in [2.05, 4.69) is 5.32 Å². The van der Waals surface area contributed by atoms with Crippen LogP contribution in [0.5, 0.6) is 0 Å². The van der Waals surface area contributed by atoms with E-state index in [1.54, 1.807) is 23.1 Å². The number of likely N-dealkylation sites (tertiary alicyclic amines) is 1. The van der Waals surface area contributed by atoms with Crippen molar-refractivity contribution in [3.8, 4) is 0 Å². The number of cyclic esters (lactones) is 1. The summed E-state index contributed by atoms with van der Waals surface area (Å²) in [5.41, 5.74) is -0.148. The second-order valence-corrected chi connectivity index (χ2v) is 14.0. The van der Waals surface area contributed by atoms with Crippen LogP contribution >= 0.6 is 0 Å². The molecule has 260 valence electrons. The zero-order valence-corrected chi connectivity index (χ0v) is 28.3. The number of amides is 3. The minimum absolute atomic E-state index is 0.0646. The molecule has 2 N–H and O–H groups in total. The van der Waals surface area contributed by atoms with Gasteiger partial charge in [0.1, 0.15) is 23.7 Å². The van der Waals surface area contributed by atoms with Gasteiger partial charge in [0, 0.05) is 18.7 Å². The molecule has 3 aromatic carbocycles. The zero-order chi connectivity index (χ0) is 35.0. The number of rotatable bonds is 6. The van der Waals surface area contributed by atoms with Gasteiger partial charge in [-0.1, -0.05) is 98.8 Å². The highest BCUT2D eigenvalue weighted by Gasteiger charge is 2.72. The van der Waals surface area contributed by atoms with E-state index >= 15 is 4.79 Å². The minimum atomic E-state index is -1.51. The summed E-state index contributed by atoms with van der Waals surface area (Å²) in [6, 6.07) is 21.0. The average Bonchev–Trinajstić information content (AvgIpc) is 3.51. The summed E-state index contributed by atoms with van der Waals surface area (Å²) < 4.78 is 13.0. The summed E-state index contributed by atoms with van der Waals surface area (Å²) in [5.74, 6) is -3.69. The largest absolute Gasteiger partial charge is 0.455 e. The van der Waals surface area contributed by atoms with Crippen LogP contribution in [0, 0.1) is 17.8 Å². The SMILES string of the molecule is CC(C)C[C@H](CO)N1C(=O)[C@H]2[C@@H]3C(=O)O[C@@H](c4ccccc4)CNC(=O)CC/C=C\[C@@H]3O[C@]23C=CCN(c2ccc4ccccc4c2)C(=O)[C@H]13. The summed E-state index contributed by atoms with van der Waals surface area (Å²) in [4.78, 5) is 60.2. The number of fused-ring (bicyclic) bond motifs is 3. The van der Waals surface area contributed by atoms with Gasteiger partial charge in [0.15, 0.2) is 0 Å². The molecular weight excluding hydrogens is 634 g/mol. The summed E-state index contributed by atoms with van der Waals surface area (Å²) in [7, 11) is 0. The van der Waals surface area contributed by atoms with Crippen molar-refractivity contribution in [3.63, 3.8) is 0 Å². The molecule has 10 heteroatoms. The number of hydrogen-bond acceptors (Lipinski definition) is 7. The van der Waals surface area contributed by atoms with Crippen LogP contribution in [-0.2, 0) is 28.7 Å². The summed E-state index contributed by atoms with van der Waals surface area (Å²) in [6.07, 6.45) is 6.50. The number of benzene rings is 3.